The first-order valence-corrected chi connectivity index (χ1v) is 6.14. The molecule has 2 rings (SSSR count). The Morgan fingerprint density at radius 3 is 2.32 bits per heavy atom. The highest BCUT2D eigenvalue weighted by molar-refractivity contribution is 5.68. The van der Waals surface area contributed by atoms with Crippen molar-refractivity contribution < 1.29 is 14.6 Å². The van der Waals surface area contributed by atoms with Crippen LogP contribution in [0.1, 0.15) is 11.1 Å². The maximum Gasteiger partial charge on any atom is 0.119 e. The second kappa shape index (κ2) is 6.36. The van der Waals surface area contributed by atoms with E-state index in [2.05, 4.69) is 0 Å². The van der Waals surface area contributed by atoms with Gasteiger partial charge < -0.3 is 14.6 Å². The quantitative estimate of drug-likeness (QED) is 0.896. The average Bonchev–Trinajstić information content (AvgIpc) is 2.47. The molecule has 3 heteroatoms. The van der Waals surface area contributed by atoms with Gasteiger partial charge in [0.15, 0.2) is 0 Å². The Balaban J connectivity index is 2.41. The van der Waals surface area contributed by atoms with E-state index in [1.807, 2.05) is 42.5 Å². The molecule has 0 unspecified atom stereocenters. The van der Waals surface area contributed by atoms with Crippen molar-refractivity contribution in [3.63, 3.8) is 0 Å². The van der Waals surface area contributed by atoms with E-state index >= 15 is 0 Å². The molecule has 0 amide bonds. The lowest BCUT2D eigenvalue weighted by Gasteiger charge is -2.11. The molecule has 2 aromatic rings. The molecule has 1 N–H and O–H groups in total. The molecule has 0 saturated heterocycles. The van der Waals surface area contributed by atoms with E-state index in [-0.39, 0.29) is 6.61 Å². The molecule has 3 nitrogen and oxygen atoms in total. The molecule has 2 aromatic carbocycles. The van der Waals surface area contributed by atoms with E-state index < -0.39 is 0 Å². The normalized spacial score (nSPS) is 10.5. The van der Waals surface area contributed by atoms with E-state index in [4.69, 9.17) is 14.6 Å². The van der Waals surface area contributed by atoms with Gasteiger partial charge in [0.1, 0.15) is 5.75 Å². The zero-order chi connectivity index (χ0) is 13.7. The third kappa shape index (κ3) is 3.13. The van der Waals surface area contributed by atoms with Gasteiger partial charge in [-0.3, -0.25) is 0 Å². The van der Waals surface area contributed by atoms with Crippen molar-refractivity contribution in [2.45, 2.75) is 13.2 Å². The third-order valence-corrected chi connectivity index (χ3v) is 3.06. The summed E-state index contributed by atoms with van der Waals surface area (Å²) in [5.74, 6) is 0.822. The van der Waals surface area contributed by atoms with Gasteiger partial charge in [-0.05, 0) is 34.4 Å². The van der Waals surface area contributed by atoms with Crippen LogP contribution in [0.15, 0.2) is 42.5 Å². The summed E-state index contributed by atoms with van der Waals surface area (Å²) in [5, 5.41) is 9.07. The fraction of sp³-hybridized carbons (Fsp3) is 0.250. The van der Waals surface area contributed by atoms with Crippen LogP contribution in [0.3, 0.4) is 0 Å². The summed E-state index contributed by atoms with van der Waals surface area (Å²) in [6, 6.07) is 13.8. The Morgan fingerprint density at radius 2 is 1.74 bits per heavy atom. The summed E-state index contributed by atoms with van der Waals surface area (Å²) in [6.45, 7) is 0.599. The maximum atomic E-state index is 9.07. The molecule has 0 aliphatic rings. The molecular formula is C16H18O3. The lowest BCUT2D eigenvalue weighted by molar-refractivity contribution is 0.185. The molecule has 0 heterocycles. The molecule has 0 bridgehead atoms. The third-order valence-electron chi connectivity index (χ3n) is 3.06. The molecule has 0 fully saturated rings. The number of benzene rings is 2. The zero-order valence-electron chi connectivity index (χ0n) is 11.2. The fourth-order valence-corrected chi connectivity index (χ4v) is 2.04. The van der Waals surface area contributed by atoms with Crippen molar-refractivity contribution in [1.82, 2.24) is 0 Å². The number of methoxy groups -OCH3 is 2. The van der Waals surface area contributed by atoms with Crippen LogP contribution < -0.4 is 4.74 Å². The van der Waals surface area contributed by atoms with Crippen molar-refractivity contribution in [1.29, 1.82) is 0 Å². The minimum atomic E-state index is 0.0633. The van der Waals surface area contributed by atoms with Gasteiger partial charge in [0, 0.05) is 7.11 Å². The van der Waals surface area contributed by atoms with Gasteiger partial charge >= 0.3 is 0 Å². The van der Waals surface area contributed by atoms with Crippen LogP contribution in [0.5, 0.6) is 5.75 Å². The van der Waals surface area contributed by atoms with Gasteiger partial charge in [0.05, 0.1) is 20.3 Å². The Morgan fingerprint density at radius 1 is 1.00 bits per heavy atom. The molecule has 0 radical (unpaired) electrons. The summed E-state index contributed by atoms with van der Waals surface area (Å²) in [6.07, 6.45) is 0. The van der Waals surface area contributed by atoms with Crippen LogP contribution >= 0.6 is 0 Å². The van der Waals surface area contributed by atoms with Crippen LogP contribution in [0.25, 0.3) is 11.1 Å². The summed E-state index contributed by atoms with van der Waals surface area (Å²) >= 11 is 0. The highest BCUT2D eigenvalue weighted by atomic mass is 16.5. The number of ether oxygens (including phenoxy) is 2. The first kappa shape index (κ1) is 13.6. The second-order valence-corrected chi connectivity index (χ2v) is 4.31. The Kier molecular flexibility index (Phi) is 4.55. The van der Waals surface area contributed by atoms with Crippen molar-refractivity contribution in [2.24, 2.45) is 0 Å². The Labute approximate surface area is 113 Å². The fourth-order valence-electron chi connectivity index (χ4n) is 2.04. The van der Waals surface area contributed by atoms with E-state index in [0.717, 1.165) is 28.0 Å². The average molecular weight is 258 g/mol. The van der Waals surface area contributed by atoms with Crippen molar-refractivity contribution in [3.8, 4) is 16.9 Å². The van der Waals surface area contributed by atoms with Gasteiger partial charge in [-0.25, -0.2) is 0 Å². The smallest absolute Gasteiger partial charge is 0.119 e. The van der Waals surface area contributed by atoms with Gasteiger partial charge in [-0.15, -0.1) is 0 Å². The van der Waals surface area contributed by atoms with E-state index in [9.17, 15) is 0 Å². The number of hydrogen-bond acceptors (Lipinski definition) is 3. The summed E-state index contributed by atoms with van der Waals surface area (Å²) < 4.78 is 10.5. The number of aliphatic hydroxyl groups is 1. The van der Waals surface area contributed by atoms with Gasteiger partial charge in [0.25, 0.3) is 0 Å². The largest absolute Gasteiger partial charge is 0.497 e. The predicted octanol–water partition coefficient (Wildman–Crippen LogP) is 3.00. The van der Waals surface area contributed by atoms with Crippen LogP contribution in [0.4, 0.5) is 0 Å². The molecule has 0 saturated carbocycles. The van der Waals surface area contributed by atoms with Crippen LogP contribution in [0.2, 0.25) is 0 Å². The minimum absolute atomic E-state index is 0.0633. The predicted molar refractivity (Wildman–Crippen MR) is 75.1 cm³/mol. The van der Waals surface area contributed by atoms with Crippen LogP contribution in [-0.2, 0) is 18.0 Å². The maximum absolute atomic E-state index is 9.07. The molecule has 100 valence electrons. The standard InChI is InChI=1S/C16H18O3/c1-18-11-14-9-15(19-2)7-8-16(14)13-5-3-12(10-17)4-6-13/h3-9,17H,10-11H2,1-2H3. The van der Waals surface area contributed by atoms with Crippen LogP contribution in [-0.4, -0.2) is 19.3 Å². The summed E-state index contributed by atoms with van der Waals surface area (Å²) in [7, 11) is 3.33. The minimum Gasteiger partial charge on any atom is -0.497 e. The molecule has 19 heavy (non-hydrogen) atoms. The van der Waals surface area contributed by atoms with E-state index in [1.165, 1.54) is 0 Å². The van der Waals surface area contributed by atoms with E-state index in [0.29, 0.717) is 6.61 Å². The molecule has 0 atom stereocenters. The Hall–Kier alpha value is -1.84. The monoisotopic (exact) mass is 258 g/mol. The number of hydrogen-bond donors (Lipinski definition) is 1. The molecular weight excluding hydrogens is 240 g/mol. The van der Waals surface area contributed by atoms with Crippen molar-refractivity contribution in [3.05, 3.63) is 53.6 Å². The highest BCUT2D eigenvalue weighted by Gasteiger charge is 2.07. The number of aliphatic hydroxyl groups excluding tert-OH is 1. The zero-order valence-corrected chi connectivity index (χ0v) is 11.2. The molecule has 0 aliphatic carbocycles. The van der Waals surface area contributed by atoms with Gasteiger partial charge in [-0.1, -0.05) is 30.3 Å². The first-order chi connectivity index (χ1) is 9.28. The topological polar surface area (TPSA) is 38.7 Å². The van der Waals surface area contributed by atoms with Crippen molar-refractivity contribution in [2.75, 3.05) is 14.2 Å². The first-order valence-electron chi connectivity index (χ1n) is 6.14. The SMILES string of the molecule is COCc1cc(OC)ccc1-c1ccc(CO)cc1. The van der Waals surface area contributed by atoms with E-state index in [1.54, 1.807) is 14.2 Å². The summed E-state index contributed by atoms with van der Waals surface area (Å²) in [5.41, 5.74) is 4.21. The lowest BCUT2D eigenvalue weighted by Crippen LogP contribution is -1.94. The molecule has 0 aromatic heterocycles. The highest BCUT2D eigenvalue weighted by Crippen LogP contribution is 2.28. The second-order valence-electron chi connectivity index (χ2n) is 4.31. The van der Waals surface area contributed by atoms with Crippen molar-refractivity contribution >= 4 is 0 Å². The van der Waals surface area contributed by atoms with Crippen LogP contribution in [0, 0.1) is 0 Å². The molecule has 0 aliphatic heterocycles. The van der Waals surface area contributed by atoms with Gasteiger partial charge in [-0.2, -0.15) is 0 Å². The summed E-state index contributed by atoms with van der Waals surface area (Å²) in [4.78, 5) is 0. The Bertz CT molecular complexity index is 532. The molecule has 0 spiro atoms. The number of rotatable bonds is 5. The lowest BCUT2D eigenvalue weighted by atomic mass is 9.99. The van der Waals surface area contributed by atoms with Gasteiger partial charge in [0.2, 0.25) is 0 Å².